The molecule has 0 heterocycles. The van der Waals surface area contributed by atoms with Crippen molar-refractivity contribution < 1.29 is 27.1 Å². The molecule has 0 fully saturated rings. The number of amides is 1. The van der Waals surface area contributed by atoms with Crippen LogP contribution in [0.1, 0.15) is 30.6 Å². The van der Waals surface area contributed by atoms with E-state index in [0.29, 0.717) is 6.42 Å². The van der Waals surface area contributed by atoms with Gasteiger partial charge in [0.15, 0.2) is 11.6 Å². The van der Waals surface area contributed by atoms with Crippen molar-refractivity contribution in [2.24, 2.45) is 0 Å². The predicted molar refractivity (Wildman–Crippen MR) is 107 cm³/mol. The molecule has 2 N–H and O–H groups in total. The van der Waals surface area contributed by atoms with Crippen LogP contribution >= 0.6 is 0 Å². The van der Waals surface area contributed by atoms with E-state index in [2.05, 4.69) is 10.0 Å². The molecule has 1 amide bonds. The zero-order valence-electron chi connectivity index (χ0n) is 16.6. The second-order valence-corrected chi connectivity index (χ2v) is 8.21. The molecule has 0 aliphatic heterocycles. The van der Waals surface area contributed by atoms with Gasteiger partial charge in [0.25, 0.3) is 5.91 Å². The first-order valence-electron chi connectivity index (χ1n) is 9.10. The van der Waals surface area contributed by atoms with Crippen molar-refractivity contribution >= 4 is 15.9 Å². The molecule has 0 unspecified atom stereocenters. The second kappa shape index (κ2) is 10.2. The molecule has 0 atom stereocenters. The van der Waals surface area contributed by atoms with E-state index in [9.17, 15) is 17.6 Å². The Kier molecular flexibility index (Phi) is 7.98. The highest BCUT2D eigenvalue weighted by molar-refractivity contribution is 7.89. The molecule has 0 bridgehead atoms. The number of carbonyl (C=O) groups is 1. The van der Waals surface area contributed by atoms with Gasteiger partial charge in [-0.1, -0.05) is 12.1 Å². The van der Waals surface area contributed by atoms with E-state index in [0.717, 1.165) is 0 Å². The molecule has 9 heteroatoms. The van der Waals surface area contributed by atoms with Crippen LogP contribution in [-0.4, -0.2) is 40.6 Å². The summed E-state index contributed by atoms with van der Waals surface area (Å²) in [6.07, 6.45) is 0.455. The number of benzene rings is 2. The van der Waals surface area contributed by atoms with E-state index in [1.54, 1.807) is 26.0 Å². The van der Waals surface area contributed by atoms with Gasteiger partial charge in [0.2, 0.25) is 10.0 Å². The van der Waals surface area contributed by atoms with Gasteiger partial charge in [-0.2, -0.15) is 0 Å². The standard InChI is InChI=1S/C20H25FN2O5S/c1-14(2)23-29(25,26)19-13-15(9-10-18(19)27-3)20(24)22-11-6-12-28-17-8-5-4-7-16(17)21/h4-5,7-10,13-14,23H,6,11-12H2,1-3H3,(H,22,24). The summed E-state index contributed by atoms with van der Waals surface area (Å²) in [5.41, 5.74) is 0.185. The molecule has 2 aromatic carbocycles. The van der Waals surface area contributed by atoms with Gasteiger partial charge >= 0.3 is 0 Å². The van der Waals surface area contributed by atoms with Crippen LogP contribution in [0.2, 0.25) is 0 Å². The summed E-state index contributed by atoms with van der Waals surface area (Å²) in [5.74, 6) is -0.576. The number of sulfonamides is 1. The van der Waals surface area contributed by atoms with Gasteiger partial charge in [-0.3, -0.25) is 4.79 Å². The number of hydrogen-bond donors (Lipinski definition) is 2. The van der Waals surface area contributed by atoms with Gasteiger partial charge in [0.1, 0.15) is 10.6 Å². The fraction of sp³-hybridized carbons (Fsp3) is 0.350. The first-order chi connectivity index (χ1) is 13.7. The number of halogens is 1. The van der Waals surface area contributed by atoms with Gasteiger partial charge in [0.05, 0.1) is 13.7 Å². The first-order valence-corrected chi connectivity index (χ1v) is 10.6. The molecule has 7 nitrogen and oxygen atoms in total. The Hall–Kier alpha value is -2.65. The predicted octanol–water partition coefficient (Wildman–Crippen LogP) is 2.72. The molecule has 0 saturated carbocycles. The van der Waals surface area contributed by atoms with Crippen LogP contribution in [0.3, 0.4) is 0 Å². The summed E-state index contributed by atoms with van der Waals surface area (Å²) in [4.78, 5) is 12.3. The van der Waals surface area contributed by atoms with Gasteiger partial charge in [0, 0.05) is 18.2 Å². The molecular formula is C20H25FN2O5S. The molecule has 0 saturated heterocycles. The van der Waals surface area contributed by atoms with Crippen molar-refractivity contribution in [3.63, 3.8) is 0 Å². The maximum atomic E-state index is 13.5. The molecular weight excluding hydrogens is 399 g/mol. The maximum absolute atomic E-state index is 13.5. The largest absolute Gasteiger partial charge is 0.495 e. The summed E-state index contributed by atoms with van der Waals surface area (Å²) >= 11 is 0. The minimum atomic E-state index is -3.83. The number of rotatable bonds is 10. The normalized spacial score (nSPS) is 11.3. The molecule has 0 radical (unpaired) electrons. The summed E-state index contributed by atoms with van der Waals surface area (Å²) < 4.78 is 51.4. The average molecular weight is 424 g/mol. The highest BCUT2D eigenvalue weighted by atomic mass is 32.2. The Balaban J connectivity index is 1.96. The van der Waals surface area contributed by atoms with Crippen LogP contribution in [-0.2, 0) is 10.0 Å². The highest BCUT2D eigenvalue weighted by Gasteiger charge is 2.22. The quantitative estimate of drug-likeness (QED) is 0.572. The number of hydrogen-bond acceptors (Lipinski definition) is 5. The Bertz CT molecular complexity index is 948. The van der Waals surface area contributed by atoms with Crippen LogP contribution in [0, 0.1) is 5.82 Å². The van der Waals surface area contributed by atoms with Gasteiger partial charge in [-0.15, -0.1) is 0 Å². The van der Waals surface area contributed by atoms with E-state index in [4.69, 9.17) is 9.47 Å². The highest BCUT2D eigenvalue weighted by Crippen LogP contribution is 2.25. The Morgan fingerprint density at radius 2 is 1.86 bits per heavy atom. The number of ether oxygens (including phenoxy) is 2. The average Bonchev–Trinajstić information content (AvgIpc) is 2.67. The SMILES string of the molecule is COc1ccc(C(=O)NCCCOc2ccccc2F)cc1S(=O)(=O)NC(C)C. The minimum absolute atomic E-state index is 0.107. The molecule has 29 heavy (non-hydrogen) atoms. The third-order valence-corrected chi connectivity index (χ3v) is 5.49. The van der Waals surface area contributed by atoms with E-state index < -0.39 is 21.7 Å². The lowest BCUT2D eigenvalue weighted by molar-refractivity contribution is 0.0951. The second-order valence-electron chi connectivity index (χ2n) is 6.53. The van der Waals surface area contributed by atoms with Crippen molar-refractivity contribution in [1.82, 2.24) is 10.0 Å². The Labute approximate surface area is 170 Å². The third kappa shape index (κ3) is 6.43. The van der Waals surface area contributed by atoms with Crippen molar-refractivity contribution in [2.45, 2.75) is 31.2 Å². The molecule has 0 spiro atoms. The Morgan fingerprint density at radius 1 is 1.14 bits per heavy atom. The monoisotopic (exact) mass is 424 g/mol. The maximum Gasteiger partial charge on any atom is 0.251 e. The molecule has 0 aromatic heterocycles. The number of nitrogens with one attached hydrogen (secondary N) is 2. The molecule has 158 valence electrons. The van der Waals surface area contributed by atoms with Gasteiger partial charge in [-0.05, 0) is 50.6 Å². The molecule has 2 aromatic rings. The lowest BCUT2D eigenvalue weighted by Crippen LogP contribution is -2.31. The lowest BCUT2D eigenvalue weighted by atomic mass is 10.2. The van der Waals surface area contributed by atoms with Crippen molar-refractivity contribution in [3.05, 3.63) is 53.8 Å². The smallest absolute Gasteiger partial charge is 0.251 e. The topological polar surface area (TPSA) is 93.7 Å². The number of methoxy groups -OCH3 is 1. The third-order valence-electron chi connectivity index (χ3n) is 3.81. The van der Waals surface area contributed by atoms with Crippen molar-refractivity contribution in [3.8, 4) is 11.5 Å². The molecule has 2 rings (SSSR count). The summed E-state index contributed by atoms with van der Waals surface area (Å²) in [7, 11) is -2.47. The zero-order chi connectivity index (χ0) is 21.4. The first kappa shape index (κ1) is 22.6. The zero-order valence-corrected chi connectivity index (χ0v) is 17.4. The minimum Gasteiger partial charge on any atom is -0.495 e. The van der Waals surface area contributed by atoms with E-state index in [1.807, 2.05) is 0 Å². The fourth-order valence-corrected chi connectivity index (χ4v) is 3.97. The Morgan fingerprint density at radius 3 is 2.52 bits per heavy atom. The van der Waals surface area contributed by atoms with E-state index in [1.165, 1.54) is 37.4 Å². The van der Waals surface area contributed by atoms with Gasteiger partial charge < -0.3 is 14.8 Å². The molecule has 0 aliphatic rings. The van der Waals surface area contributed by atoms with Gasteiger partial charge in [-0.25, -0.2) is 17.5 Å². The lowest BCUT2D eigenvalue weighted by Gasteiger charge is -2.14. The van der Waals surface area contributed by atoms with Crippen LogP contribution in [0.15, 0.2) is 47.4 Å². The van der Waals surface area contributed by atoms with Crippen LogP contribution in [0.25, 0.3) is 0 Å². The van der Waals surface area contributed by atoms with Crippen molar-refractivity contribution in [1.29, 1.82) is 0 Å². The van der Waals surface area contributed by atoms with E-state index in [-0.39, 0.29) is 41.2 Å². The summed E-state index contributed by atoms with van der Waals surface area (Å²) in [6, 6.07) is 9.96. The number of carbonyl (C=O) groups excluding carboxylic acids is 1. The molecule has 0 aliphatic carbocycles. The van der Waals surface area contributed by atoms with Crippen LogP contribution < -0.4 is 19.5 Å². The van der Waals surface area contributed by atoms with Crippen LogP contribution in [0.5, 0.6) is 11.5 Å². The number of para-hydroxylation sites is 1. The van der Waals surface area contributed by atoms with Crippen molar-refractivity contribution in [2.75, 3.05) is 20.3 Å². The summed E-state index contributed by atoms with van der Waals surface area (Å²) in [5, 5.41) is 2.69. The van der Waals surface area contributed by atoms with Crippen LogP contribution in [0.4, 0.5) is 4.39 Å². The summed E-state index contributed by atoms with van der Waals surface area (Å²) in [6.45, 7) is 3.90. The fourth-order valence-electron chi connectivity index (χ4n) is 2.52. The van der Waals surface area contributed by atoms with E-state index >= 15 is 0 Å².